The van der Waals surface area contributed by atoms with Gasteiger partial charge in [0, 0.05) is 0 Å². The molecule has 0 saturated carbocycles. The van der Waals surface area contributed by atoms with Gasteiger partial charge in [-0.1, -0.05) is 38.5 Å². The summed E-state index contributed by atoms with van der Waals surface area (Å²) in [4.78, 5) is 21.6. The van der Waals surface area contributed by atoms with Crippen molar-refractivity contribution in [2.75, 3.05) is 0 Å². The zero-order valence-corrected chi connectivity index (χ0v) is 12.0. The summed E-state index contributed by atoms with van der Waals surface area (Å²) < 4.78 is 0. The van der Waals surface area contributed by atoms with E-state index in [1.165, 1.54) is 6.61 Å². The van der Waals surface area contributed by atoms with Crippen molar-refractivity contribution in [3.63, 3.8) is 0 Å². The van der Waals surface area contributed by atoms with Crippen molar-refractivity contribution >= 4 is 5.97 Å². The van der Waals surface area contributed by atoms with E-state index in [4.69, 9.17) is 9.78 Å². The van der Waals surface area contributed by atoms with Gasteiger partial charge >= 0.3 is 5.97 Å². The van der Waals surface area contributed by atoms with Crippen LogP contribution in [0.25, 0.3) is 0 Å². The van der Waals surface area contributed by atoms with Crippen LogP contribution in [0.15, 0.2) is 12.1 Å². The minimum absolute atomic E-state index is 0.155. The average molecular weight is 249 g/mol. The molecule has 3 nitrogen and oxygen atoms in total. The third-order valence-corrected chi connectivity index (χ3v) is 2.41. The van der Waals surface area contributed by atoms with Crippen molar-refractivity contribution in [2.45, 2.75) is 41.5 Å². The molecule has 1 radical (unpaired) electrons. The van der Waals surface area contributed by atoms with E-state index in [-0.39, 0.29) is 5.41 Å². The van der Waals surface area contributed by atoms with Gasteiger partial charge in [-0.25, -0.2) is 4.79 Å². The molecule has 0 heterocycles. The molecule has 1 rings (SSSR count). The summed E-state index contributed by atoms with van der Waals surface area (Å²) in [6, 6.07) is 3.91. The number of benzene rings is 1. The van der Waals surface area contributed by atoms with E-state index in [9.17, 15) is 4.79 Å². The van der Waals surface area contributed by atoms with E-state index < -0.39 is 5.97 Å². The van der Waals surface area contributed by atoms with Crippen LogP contribution < -0.4 is 0 Å². The highest BCUT2D eigenvalue weighted by molar-refractivity contribution is 5.92. The van der Waals surface area contributed by atoms with Crippen molar-refractivity contribution in [2.24, 2.45) is 5.41 Å². The molecule has 1 aromatic rings. The van der Waals surface area contributed by atoms with Crippen molar-refractivity contribution in [3.05, 3.63) is 41.0 Å². The van der Waals surface area contributed by atoms with Crippen molar-refractivity contribution in [3.8, 4) is 0 Å². The van der Waals surface area contributed by atoms with Gasteiger partial charge in [-0.05, 0) is 37.3 Å². The second-order valence-corrected chi connectivity index (χ2v) is 5.72. The number of hydrogen-bond acceptors (Lipinski definition) is 3. The Bertz CT molecular complexity index is 419. The Kier molecular flexibility index (Phi) is 4.52. The summed E-state index contributed by atoms with van der Waals surface area (Å²) >= 11 is 0. The summed E-state index contributed by atoms with van der Waals surface area (Å²) in [7, 11) is 0. The van der Waals surface area contributed by atoms with Crippen LogP contribution in [0.5, 0.6) is 0 Å². The maximum Gasteiger partial charge on any atom is 0.373 e. The first-order valence-electron chi connectivity index (χ1n) is 6.00. The van der Waals surface area contributed by atoms with Crippen LogP contribution in [0.1, 0.15) is 47.8 Å². The summed E-state index contributed by atoms with van der Waals surface area (Å²) in [5.41, 5.74) is 3.35. The largest absolute Gasteiger partial charge is 0.373 e. The number of rotatable bonds is 3. The number of aryl methyl sites for hydroxylation is 3. The van der Waals surface area contributed by atoms with Gasteiger partial charge in [-0.15, -0.1) is 0 Å². The van der Waals surface area contributed by atoms with E-state index in [0.29, 0.717) is 5.56 Å². The fraction of sp³-hybridized carbons (Fsp3) is 0.467. The molecule has 0 atom stereocenters. The normalized spacial score (nSPS) is 11.4. The first kappa shape index (κ1) is 14.7. The molecule has 1 aromatic carbocycles. The lowest BCUT2D eigenvalue weighted by atomic mass is 9.99. The highest BCUT2D eigenvalue weighted by Crippen LogP contribution is 2.20. The lowest BCUT2D eigenvalue weighted by Crippen LogP contribution is -2.14. The average Bonchev–Trinajstić information content (AvgIpc) is 2.13. The summed E-state index contributed by atoms with van der Waals surface area (Å²) in [6.07, 6.45) is 0. The Morgan fingerprint density at radius 3 is 2.06 bits per heavy atom. The summed E-state index contributed by atoms with van der Waals surface area (Å²) in [5.74, 6) is -0.453. The van der Waals surface area contributed by atoms with Gasteiger partial charge in [-0.3, -0.25) is 4.89 Å². The molecule has 0 bridgehead atoms. The van der Waals surface area contributed by atoms with E-state index in [2.05, 4.69) is 0 Å². The van der Waals surface area contributed by atoms with Crippen LogP contribution in [0, 0.1) is 32.8 Å². The molecule has 3 heteroatoms. The Labute approximate surface area is 109 Å². The molecule has 0 saturated heterocycles. The van der Waals surface area contributed by atoms with Gasteiger partial charge in [0.25, 0.3) is 0 Å². The molecule has 99 valence electrons. The van der Waals surface area contributed by atoms with Crippen LogP contribution in [0.4, 0.5) is 0 Å². The van der Waals surface area contributed by atoms with Gasteiger partial charge in [0.15, 0.2) is 0 Å². The van der Waals surface area contributed by atoms with Crippen LogP contribution in [-0.2, 0) is 9.78 Å². The second-order valence-electron chi connectivity index (χ2n) is 5.72. The lowest BCUT2D eigenvalue weighted by molar-refractivity contribution is -0.224. The van der Waals surface area contributed by atoms with Gasteiger partial charge in [-0.2, -0.15) is 4.89 Å². The Morgan fingerprint density at radius 1 is 1.11 bits per heavy atom. The second kappa shape index (κ2) is 5.53. The maximum absolute atomic E-state index is 11.9. The van der Waals surface area contributed by atoms with Gasteiger partial charge in [0.1, 0.15) is 6.61 Å². The van der Waals surface area contributed by atoms with E-state index in [0.717, 1.165) is 16.7 Å². The third kappa shape index (κ3) is 4.15. The highest BCUT2D eigenvalue weighted by Gasteiger charge is 2.18. The molecular weight excluding hydrogens is 228 g/mol. The first-order valence-corrected chi connectivity index (χ1v) is 6.00. The molecule has 0 aliphatic rings. The topological polar surface area (TPSA) is 35.5 Å². The van der Waals surface area contributed by atoms with Gasteiger partial charge < -0.3 is 0 Å². The van der Waals surface area contributed by atoms with E-state index in [1.807, 2.05) is 53.7 Å². The lowest BCUT2D eigenvalue weighted by Gasteiger charge is -2.16. The van der Waals surface area contributed by atoms with E-state index >= 15 is 0 Å². The molecule has 0 aromatic heterocycles. The van der Waals surface area contributed by atoms with Crippen LogP contribution in [0.2, 0.25) is 0 Å². The molecule has 18 heavy (non-hydrogen) atoms. The van der Waals surface area contributed by atoms with Gasteiger partial charge in [0.05, 0.1) is 5.56 Å². The fourth-order valence-electron chi connectivity index (χ4n) is 1.76. The predicted octanol–water partition coefficient (Wildman–Crippen LogP) is 3.91. The van der Waals surface area contributed by atoms with E-state index in [1.54, 1.807) is 0 Å². The molecule has 0 aliphatic heterocycles. The SMILES string of the molecule is Cc1cc(C)c(C(=O)OO[CH]C(C)(C)C)c(C)c1. The Balaban J connectivity index is 2.74. The van der Waals surface area contributed by atoms with Crippen LogP contribution >= 0.6 is 0 Å². The Morgan fingerprint density at radius 2 is 1.61 bits per heavy atom. The molecule has 0 amide bonds. The Hall–Kier alpha value is -1.35. The molecule has 0 N–H and O–H groups in total. The molecular formula is C15H21O3. The highest BCUT2D eigenvalue weighted by atomic mass is 17.2. The van der Waals surface area contributed by atoms with Crippen molar-refractivity contribution < 1.29 is 14.6 Å². The minimum atomic E-state index is -0.453. The predicted molar refractivity (Wildman–Crippen MR) is 70.9 cm³/mol. The maximum atomic E-state index is 11.9. The summed E-state index contributed by atoms with van der Waals surface area (Å²) in [6.45, 7) is 13.2. The number of carbonyl (C=O) groups is 1. The molecule has 0 aliphatic carbocycles. The van der Waals surface area contributed by atoms with Crippen molar-refractivity contribution in [1.82, 2.24) is 0 Å². The quantitative estimate of drug-likeness (QED) is 0.602. The van der Waals surface area contributed by atoms with Gasteiger partial charge in [0.2, 0.25) is 0 Å². The summed E-state index contributed by atoms with van der Waals surface area (Å²) in [5, 5.41) is 0. The zero-order valence-electron chi connectivity index (χ0n) is 12.0. The first-order chi connectivity index (χ1) is 8.20. The standard InChI is InChI=1S/C15H21O3/c1-10-7-11(2)13(12(3)8-10)14(16)18-17-9-15(4,5)6/h7-9H,1-6H3. The third-order valence-electron chi connectivity index (χ3n) is 2.41. The number of hydrogen-bond donors (Lipinski definition) is 0. The van der Waals surface area contributed by atoms with Crippen molar-refractivity contribution in [1.29, 1.82) is 0 Å². The molecule has 0 unspecified atom stereocenters. The van der Waals surface area contributed by atoms with Crippen LogP contribution in [-0.4, -0.2) is 5.97 Å². The number of carbonyl (C=O) groups excluding carboxylic acids is 1. The zero-order chi connectivity index (χ0) is 13.9. The minimum Gasteiger partial charge on any atom is -0.292 e. The fourth-order valence-corrected chi connectivity index (χ4v) is 1.76. The molecule has 0 fully saturated rings. The van der Waals surface area contributed by atoms with Crippen LogP contribution in [0.3, 0.4) is 0 Å². The molecule has 0 spiro atoms. The smallest absolute Gasteiger partial charge is 0.292 e. The monoisotopic (exact) mass is 249 g/mol.